The quantitative estimate of drug-likeness (QED) is 0.378. The van der Waals surface area contributed by atoms with Crippen molar-refractivity contribution in [1.29, 1.82) is 0 Å². The lowest BCUT2D eigenvalue weighted by atomic mass is 9.64. The Morgan fingerprint density at radius 1 is 0.600 bits per heavy atom. The molecule has 0 aromatic carbocycles. The van der Waals surface area contributed by atoms with Crippen LogP contribution in [0.5, 0.6) is 0 Å². The minimum absolute atomic E-state index is 0.596. The molecule has 1 nitrogen and oxygen atoms in total. The molecule has 200 valence electrons. The molecule has 1 heteroatoms. The van der Waals surface area contributed by atoms with Crippen LogP contribution in [0.15, 0.2) is 0 Å². The molecular weight excluding hydrogens is 422 g/mol. The van der Waals surface area contributed by atoms with Crippen LogP contribution < -0.4 is 0 Å². The summed E-state index contributed by atoms with van der Waals surface area (Å²) < 4.78 is 0. The Labute approximate surface area is 219 Å². The molecule has 8 atom stereocenters. The predicted molar refractivity (Wildman–Crippen MR) is 149 cm³/mol. The third-order valence-electron chi connectivity index (χ3n) is 13.4. The van der Waals surface area contributed by atoms with E-state index in [0.29, 0.717) is 5.41 Å². The van der Waals surface area contributed by atoms with E-state index in [1.54, 1.807) is 51.4 Å². The second-order valence-corrected chi connectivity index (χ2v) is 15.2. The van der Waals surface area contributed by atoms with Gasteiger partial charge >= 0.3 is 0 Å². The molecule has 0 N–H and O–H groups in total. The standard InChI is InChI=1S/C34H59N/c1-4-10-24-17-19-26(20-18-24)35(33-16-9-12-25-11-5-6-13-28(25)33)27-21-22-30-29-14-7-8-15-31(29)34(2,3)32(30)23-27/h24-33H,4-23H2,1-3H3. The van der Waals surface area contributed by atoms with E-state index in [4.69, 9.17) is 0 Å². The van der Waals surface area contributed by atoms with Crippen molar-refractivity contribution in [2.45, 2.75) is 167 Å². The van der Waals surface area contributed by atoms with Crippen LogP contribution in [0.4, 0.5) is 0 Å². The SMILES string of the molecule is CCCC1CCC(N(C2CCC3C4CCCCC4C(C)(C)C3C2)C2CCCC3CCCCC32)CC1. The van der Waals surface area contributed by atoms with Gasteiger partial charge in [-0.1, -0.05) is 78.6 Å². The van der Waals surface area contributed by atoms with Crippen LogP contribution in [0.3, 0.4) is 0 Å². The van der Waals surface area contributed by atoms with Crippen molar-refractivity contribution in [3.05, 3.63) is 0 Å². The van der Waals surface area contributed by atoms with Gasteiger partial charge in [0, 0.05) is 18.1 Å². The first-order valence-corrected chi connectivity index (χ1v) is 16.8. The molecule has 0 bridgehead atoms. The van der Waals surface area contributed by atoms with Gasteiger partial charge in [0.25, 0.3) is 0 Å². The summed E-state index contributed by atoms with van der Waals surface area (Å²) in [5.41, 5.74) is 0.596. The van der Waals surface area contributed by atoms with E-state index in [0.717, 1.165) is 59.6 Å². The highest BCUT2D eigenvalue weighted by Gasteiger charge is 2.57. The van der Waals surface area contributed by atoms with Crippen molar-refractivity contribution >= 4 is 0 Å². The van der Waals surface area contributed by atoms with Gasteiger partial charge < -0.3 is 0 Å². The van der Waals surface area contributed by atoms with Crippen molar-refractivity contribution in [2.75, 3.05) is 0 Å². The van der Waals surface area contributed by atoms with Crippen LogP contribution >= 0.6 is 0 Å². The average Bonchev–Trinajstić information content (AvgIpc) is 3.12. The number of hydrogen-bond acceptors (Lipinski definition) is 1. The second kappa shape index (κ2) is 10.6. The highest BCUT2D eigenvalue weighted by molar-refractivity contribution is 5.07. The first kappa shape index (κ1) is 25.2. The Morgan fingerprint density at radius 2 is 1.26 bits per heavy atom. The lowest BCUT2D eigenvalue weighted by molar-refractivity contribution is -0.0533. The van der Waals surface area contributed by atoms with Crippen molar-refractivity contribution in [1.82, 2.24) is 4.90 Å². The highest BCUT2D eigenvalue weighted by Crippen LogP contribution is 2.63. The van der Waals surface area contributed by atoms with Gasteiger partial charge in [0.05, 0.1) is 0 Å². The number of rotatable bonds is 5. The maximum atomic E-state index is 3.35. The van der Waals surface area contributed by atoms with Crippen molar-refractivity contribution in [2.24, 2.45) is 46.8 Å². The Balaban J connectivity index is 1.25. The first-order chi connectivity index (χ1) is 17.1. The molecule has 0 aliphatic heterocycles. The molecule has 0 radical (unpaired) electrons. The minimum Gasteiger partial charge on any atom is -0.294 e. The molecule has 0 aromatic heterocycles. The lowest BCUT2D eigenvalue weighted by Gasteiger charge is -2.55. The van der Waals surface area contributed by atoms with Crippen LogP contribution in [-0.4, -0.2) is 23.0 Å². The summed E-state index contributed by atoms with van der Waals surface area (Å²) in [6.07, 6.45) is 30.7. The van der Waals surface area contributed by atoms with E-state index in [9.17, 15) is 0 Å². The zero-order valence-corrected chi connectivity index (χ0v) is 23.9. The van der Waals surface area contributed by atoms with Gasteiger partial charge in [-0.2, -0.15) is 0 Å². The highest BCUT2D eigenvalue weighted by atomic mass is 15.2. The molecule has 8 unspecified atom stereocenters. The summed E-state index contributed by atoms with van der Waals surface area (Å²) >= 11 is 0. The number of fused-ring (bicyclic) bond motifs is 4. The van der Waals surface area contributed by atoms with Gasteiger partial charge in [0.15, 0.2) is 0 Å². The van der Waals surface area contributed by atoms with Gasteiger partial charge in [0.2, 0.25) is 0 Å². The van der Waals surface area contributed by atoms with Gasteiger partial charge in [-0.15, -0.1) is 0 Å². The van der Waals surface area contributed by atoms with E-state index in [1.807, 2.05) is 0 Å². The second-order valence-electron chi connectivity index (χ2n) is 15.2. The molecule has 35 heavy (non-hydrogen) atoms. The van der Waals surface area contributed by atoms with E-state index >= 15 is 0 Å². The molecule has 0 amide bonds. The summed E-state index contributed by atoms with van der Waals surface area (Å²) in [5.74, 6) is 7.37. The Kier molecular flexibility index (Phi) is 7.66. The first-order valence-electron chi connectivity index (χ1n) is 16.8. The third kappa shape index (κ3) is 4.69. The minimum atomic E-state index is 0.596. The van der Waals surface area contributed by atoms with Crippen LogP contribution in [0, 0.1) is 46.8 Å². The molecular formula is C34H59N. The molecule has 0 spiro atoms. The molecule has 6 aliphatic rings. The summed E-state index contributed by atoms with van der Waals surface area (Å²) in [4.78, 5) is 3.35. The van der Waals surface area contributed by atoms with Crippen LogP contribution in [0.2, 0.25) is 0 Å². The van der Waals surface area contributed by atoms with Crippen LogP contribution in [0.25, 0.3) is 0 Å². The average molecular weight is 482 g/mol. The molecule has 6 rings (SSSR count). The normalized spacial score (nSPS) is 47.7. The molecule has 0 saturated heterocycles. The van der Waals surface area contributed by atoms with Gasteiger partial charge in [-0.05, 0) is 117 Å². The smallest absolute Gasteiger partial charge is 0.0132 e. The monoisotopic (exact) mass is 481 g/mol. The summed E-state index contributed by atoms with van der Waals surface area (Å²) in [6, 6.07) is 2.77. The predicted octanol–water partition coefficient (Wildman–Crippen LogP) is 9.64. The Bertz CT molecular complexity index is 687. The maximum absolute atomic E-state index is 3.35. The van der Waals surface area contributed by atoms with E-state index in [1.165, 1.54) is 77.0 Å². The van der Waals surface area contributed by atoms with Crippen LogP contribution in [0.1, 0.15) is 149 Å². The summed E-state index contributed by atoms with van der Waals surface area (Å²) in [7, 11) is 0. The molecule has 0 aromatic rings. The zero-order valence-electron chi connectivity index (χ0n) is 23.9. The van der Waals surface area contributed by atoms with Gasteiger partial charge in [-0.25, -0.2) is 0 Å². The van der Waals surface area contributed by atoms with E-state index < -0.39 is 0 Å². The Hall–Kier alpha value is -0.0400. The lowest BCUT2D eigenvalue weighted by Crippen LogP contribution is -2.57. The maximum Gasteiger partial charge on any atom is 0.0132 e. The fraction of sp³-hybridized carbons (Fsp3) is 1.00. The molecule has 6 aliphatic carbocycles. The fourth-order valence-electron chi connectivity index (χ4n) is 11.9. The summed E-state index contributed by atoms with van der Waals surface area (Å²) in [6.45, 7) is 7.85. The van der Waals surface area contributed by atoms with Crippen molar-refractivity contribution in [3.8, 4) is 0 Å². The topological polar surface area (TPSA) is 3.24 Å². The number of nitrogens with zero attached hydrogens (tertiary/aromatic N) is 1. The van der Waals surface area contributed by atoms with Gasteiger partial charge in [0.1, 0.15) is 0 Å². The molecule has 6 saturated carbocycles. The largest absolute Gasteiger partial charge is 0.294 e. The van der Waals surface area contributed by atoms with Crippen LogP contribution in [-0.2, 0) is 0 Å². The zero-order chi connectivity index (χ0) is 24.0. The van der Waals surface area contributed by atoms with E-state index in [2.05, 4.69) is 25.7 Å². The Morgan fingerprint density at radius 3 is 2.06 bits per heavy atom. The summed E-state index contributed by atoms with van der Waals surface area (Å²) in [5, 5.41) is 0. The number of hydrogen-bond donors (Lipinski definition) is 0. The van der Waals surface area contributed by atoms with Gasteiger partial charge in [-0.3, -0.25) is 4.90 Å². The van der Waals surface area contributed by atoms with Crippen molar-refractivity contribution < 1.29 is 0 Å². The molecule has 6 fully saturated rings. The van der Waals surface area contributed by atoms with Crippen molar-refractivity contribution in [3.63, 3.8) is 0 Å². The molecule has 0 heterocycles. The third-order valence-corrected chi connectivity index (χ3v) is 13.4. The van der Waals surface area contributed by atoms with E-state index in [-0.39, 0.29) is 0 Å². The fourth-order valence-corrected chi connectivity index (χ4v) is 11.9.